The van der Waals surface area contributed by atoms with Gasteiger partial charge in [0, 0.05) is 23.3 Å². The number of halogens is 1. The minimum atomic E-state index is 0.282. The molecule has 17 heavy (non-hydrogen) atoms. The second kappa shape index (κ2) is 6.41. The zero-order chi connectivity index (χ0) is 12.1. The summed E-state index contributed by atoms with van der Waals surface area (Å²) >= 11 is 7.38. The van der Waals surface area contributed by atoms with E-state index >= 15 is 0 Å². The second-order valence-electron chi connectivity index (χ2n) is 4.47. The number of thiophene rings is 1. The van der Waals surface area contributed by atoms with Crippen LogP contribution in [0.3, 0.4) is 0 Å². The monoisotopic (exact) mass is 271 g/mol. The summed E-state index contributed by atoms with van der Waals surface area (Å²) in [5, 5.41) is 2.03. The summed E-state index contributed by atoms with van der Waals surface area (Å²) in [6, 6.07) is 4.47. The molecule has 1 aromatic rings. The van der Waals surface area contributed by atoms with E-state index < -0.39 is 0 Å². The predicted octanol–water partition coefficient (Wildman–Crippen LogP) is 3.30. The number of alkyl halides is 1. The number of nitrogens with zero attached hydrogens (tertiary/aromatic N) is 1. The van der Waals surface area contributed by atoms with Gasteiger partial charge in [-0.05, 0) is 37.1 Å². The van der Waals surface area contributed by atoms with Crippen LogP contribution in [0.5, 0.6) is 0 Å². The van der Waals surface area contributed by atoms with Gasteiger partial charge < -0.3 is 4.90 Å². The van der Waals surface area contributed by atoms with Gasteiger partial charge in [0.15, 0.2) is 0 Å². The molecule has 0 N–H and O–H groups in total. The number of carbonyl (C=O) groups excluding carboxylic acids is 1. The highest BCUT2D eigenvalue weighted by molar-refractivity contribution is 7.10. The van der Waals surface area contributed by atoms with Crippen molar-refractivity contribution in [2.45, 2.75) is 38.1 Å². The molecule has 4 heteroatoms. The first-order valence-corrected chi connectivity index (χ1v) is 7.60. The molecule has 2 rings (SSSR count). The van der Waals surface area contributed by atoms with E-state index in [0.717, 1.165) is 37.1 Å². The lowest BCUT2D eigenvalue weighted by Crippen LogP contribution is -2.36. The van der Waals surface area contributed by atoms with Crippen molar-refractivity contribution in [2.24, 2.45) is 0 Å². The Balaban J connectivity index is 1.89. The first kappa shape index (κ1) is 12.9. The van der Waals surface area contributed by atoms with Gasteiger partial charge in [0.05, 0.1) is 6.42 Å². The first-order valence-electron chi connectivity index (χ1n) is 6.19. The molecule has 1 aliphatic heterocycles. The highest BCUT2D eigenvalue weighted by atomic mass is 35.5. The summed E-state index contributed by atoms with van der Waals surface area (Å²) < 4.78 is 0. The van der Waals surface area contributed by atoms with Gasteiger partial charge in [0.2, 0.25) is 5.91 Å². The summed E-state index contributed by atoms with van der Waals surface area (Å²) in [6.07, 6.45) is 4.92. The van der Waals surface area contributed by atoms with Crippen molar-refractivity contribution in [1.82, 2.24) is 4.90 Å². The normalized spacial score (nSPS) is 19.8. The third kappa shape index (κ3) is 3.46. The molecule has 1 saturated heterocycles. The van der Waals surface area contributed by atoms with Crippen LogP contribution in [0.15, 0.2) is 17.5 Å². The van der Waals surface area contributed by atoms with Crippen LogP contribution < -0.4 is 0 Å². The fourth-order valence-electron chi connectivity index (χ4n) is 2.44. The maximum absolute atomic E-state index is 12.2. The van der Waals surface area contributed by atoms with E-state index in [9.17, 15) is 4.79 Å². The highest BCUT2D eigenvalue weighted by Gasteiger charge is 2.27. The largest absolute Gasteiger partial charge is 0.339 e. The summed E-state index contributed by atoms with van der Waals surface area (Å²) in [5.74, 6) is 0.980. The van der Waals surface area contributed by atoms with E-state index in [2.05, 4.69) is 4.90 Å². The van der Waals surface area contributed by atoms with Gasteiger partial charge in [-0.15, -0.1) is 22.9 Å². The maximum atomic E-state index is 12.2. The molecule has 1 unspecified atom stereocenters. The molecule has 1 atom stereocenters. The zero-order valence-corrected chi connectivity index (χ0v) is 11.5. The second-order valence-corrected chi connectivity index (χ2v) is 5.88. The SMILES string of the molecule is O=C(Cc1cccs1)N1CCCC1CCCCl. The topological polar surface area (TPSA) is 20.3 Å². The van der Waals surface area contributed by atoms with E-state index in [0.29, 0.717) is 18.3 Å². The van der Waals surface area contributed by atoms with Crippen molar-refractivity contribution in [1.29, 1.82) is 0 Å². The predicted molar refractivity (Wildman–Crippen MR) is 72.7 cm³/mol. The third-order valence-electron chi connectivity index (χ3n) is 3.27. The molecule has 1 amide bonds. The minimum Gasteiger partial charge on any atom is -0.339 e. The Kier molecular flexibility index (Phi) is 4.86. The molecule has 1 aliphatic rings. The Morgan fingerprint density at radius 3 is 3.18 bits per heavy atom. The van der Waals surface area contributed by atoms with Crippen LogP contribution in [0.2, 0.25) is 0 Å². The van der Waals surface area contributed by atoms with Gasteiger partial charge >= 0.3 is 0 Å². The Hall–Kier alpha value is -0.540. The van der Waals surface area contributed by atoms with Crippen molar-refractivity contribution in [3.63, 3.8) is 0 Å². The molecule has 1 fully saturated rings. The number of hydrogen-bond donors (Lipinski definition) is 0. The molecule has 0 aromatic carbocycles. The van der Waals surface area contributed by atoms with Crippen LogP contribution in [0, 0.1) is 0 Å². The van der Waals surface area contributed by atoms with E-state index in [1.807, 2.05) is 17.5 Å². The molecule has 0 bridgehead atoms. The van der Waals surface area contributed by atoms with Crippen molar-refractivity contribution in [3.8, 4) is 0 Å². The minimum absolute atomic E-state index is 0.282. The van der Waals surface area contributed by atoms with E-state index in [1.54, 1.807) is 11.3 Å². The summed E-state index contributed by atoms with van der Waals surface area (Å²) in [6.45, 7) is 0.928. The number of hydrogen-bond acceptors (Lipinski definition) is 2. The molecule has 0 radical (unpaired) electrons. The lowest BCUT2D eigenvalue weighted by molar-refractivity contribution is -0.131. The summed E-state index contributed by atoms with van der Waals surface area (Å²) in [5.41, 5.74) is 0. The molecule has 1 aromatic heterocycles. The smallest absolute Gasteiger partial charge is 0.228 e. The molecule has 0 spiro atoms. The molecule has 2 nitrogen and oxygen atoms in total. The van der Waals surface area contributed by atoms with Gasteiger partial charge in [-0.25, -0.2) is 0 Å². The summed E-state index contributed by atoms with van der Waals surface area (Å²) in [4.78, 5) is 15.4. The van der Waals surface area contributed by atoms with E-state index in [4.69, 9.17) is 11.6 Å². The Morgan fingerprint density at radius 1 is 1.59 bits per heavy atom. The van der Waals surface area contributed by atoms with Crippen LogP contribution >= 0.6 is 22.9 Å². The third-order valence-corrected chi connectivity index (χ3v) is 4.42. The molecular formula is C13H18ClNOS. The van der Waals surface area contributed by atoms with Gasteiger partial charge in [0.1, 0.15) is 0 Å². The molecule has 94 valence electrons. The fraction of sp³-hybridized carbons (Fsp3) is 0.615. The number of amides is 1. The van der Waals surface area contributed by atoms with Crippen molar-refractivity contribution < 1.29 is 4.79 Å². The van der Waals surface area contributed by atoms with Gasteiger partial charge in [-0.3, -0.25) is 4.79 Å². The van der Waals surface area contributed by atoms with Crippen LogP contribution in [0.1, 0.15) is 30.6 Å². The number of carbonyl (C=O) groups is 1. The van der Waals surface area contributed by atoms with Crippen LogP contribution in [0.25, 0.3) is 0 Å². The maximum Gasteiger partial charge on any atom is 0.228 e. The molecule has 2 heterocycles. The molecule has 0 aliphatic carbocycles. The van der Waals surface area contributed by atoms with Crippen LogP contribution in [0.4, 0.5) is 0 Å². The van der Waals surface area contributed by atoms with Crippen LogP contribution in [-0.2, 0) is 11.2 Å². The Morgan fingerprint density at radius 2 is 2.47 bits per heavy atom. The number of likely N-dealkylation sites (tertiary alicyclic amines) is 1. The van der Waals surface area contributed by atoms with Gasteiger partial charge in [-0.1, -0.05) is 6.07 Å². The van der Waals surface area contributed by atoms with Gasteiger partial charge in [-0.2, -0.15) is 0 Å². The Bertz CT molecular complexity index is 352. The molecular weight excluding hydrogens is 254 g/mol. The lowest BCUT2D eigenvalue weighted by atomic mass is 10.1. The Labute approximate surface area is 112 Å². The first-order chi connectivity index (χ1) is 8.31. The van der Waals surface area contributed by atoms with E-state index in [-0.39, 0.29) is 5.91 Å². The van der Waals surface area contributed by atoms with Crippen molar-refractivity contribution in [2.75, 3.05) is 12.4 Å². The zero-order valence-electron chi connectivity index (χ0n) is 9.90. The lowest BCUT2D eigenvalue weighted by Gasteiger charge is -2.24. The van der Waals surface area contributed by atoms with Crippen molar-refractivity contribution >= 4 is 28.8 Å². The average Bonchev–Trinajstić information content (AvgIpc) is 2.96. The van der Waals surface area contributed by atoms with E-state index in [1.165, 1.54) is 0 Å². The summed E-state index contributed by atoms with van der Waals surface area (Å²) in [7, 11) is 0. The highest BCUT2D eigenvalue weighted by Crippen LogP contribution is 2.23. The molecule has 0 saturated carbocycles. The fourth-order valence-corrected chi connectivity index (χ4v) is 3.29. The number of rotatable bonds is 5. The van der Waals surface area contributed by atoms with Crippen LogP contribution in [-0.4, -0.2) is 29.3 Å². The van der Waals surface area contributed by atoms with Crippen molar-refractivity contribution in [3.05, 3.63) is 22.4 Å². The quantitative estimate of drug-likeness (QED) is 0.753. The van der Waals surface area contributed by atoms with Gasteiger partial charge in [0.25, 0.3) is 0 Å². The average molecular weight is 272 g/mol. The standard InChI is InChI=1S/C13H18ClNOS/c14-7-1-4-11-5-2-8-15(11)13(16)10-12-6-3-9-17-12/h3,6,9,11H,1-2,4-5,7-8,10H2.